The van der Waals surface area contributed by atoms with Gasteiger partial charge in [-0.25, -0.2) is 4.98 Å². The van der Waals surface area contributed by atoms with E-state index in [1.165, 1.54) is 0 Å². The fourth-order valence-electron chi connectivity index (χ4n) is 3.09. The number of nitrogens with zero attached hydrogens (tertiary/aromatic N) is 2. The molecule has 0 aliphatic heterocycles. The third kappa shape index (κ3) is 2.99. The van der Waals surface area contributed by atoms with Crippen molar-refractivity contribution in [3.05, 3.63) is 103 Å². The summed E-state index contributed by atoms with van der Waals surface area (Å²) in [5, 5.41) is 9.84. The lowest BCUT2D eigenvalue weighted by Gasteiger charge is -2.14. The van der Waals surface area contributed by atoms with Gasteiger partial charge in [0.05, 0.1) is 23.0 Å². The quantitative estimate of drug-likeness (QED) is 0.464. The van der Waals surface area contributed by atoms with Crippen molar-refractivity contribution in [2.75, 3.05) is 0 Å². The van der Waals surface area contributed by atoms with Gasteiger partial charge < -0.3 is 0 Å². The van der Waals surface area contributed by atoms with Crippen molar-refractivity contribution in [1.82, 2.24) is 4.98 Å². The Morgan fingerprint density at radius 1 is 0.615 bits per heavy atom. The van der Waals surface area contributed by atoms with Gasteiger partial charge in [0.2, 0.25) is 0 Å². The average molecular weight is 332 g/mol. The molecular formula is C24H16N2. The molecule has 0 bridgehead atoms. The lowest BCUT2D eigenvalue weighted by atomic mass is 9.93. The number of aromatic nitrogens is 1. The molecule has 0 amide bonds. The molecule has 0 saturated carbocycles. The van der Waals surface area contributed by atoms with Gasteiger partial charge in [0.15, 0.2) is 0 Å². The van der Waals surface area contributed by atoms with Crippen molar-refractivity contribution in [2.24, 2.45) is 0 Å². The third-order valence-electron chi connectivity index (χ3n) is 4.32. The number of rotatable bonds is 3. The SMILES string of the molecule is N#Cc1cc(-c2ccccc2)nc(-c2ccccc2)c1-c1ccccc1. The molecule has 0 N–H and O–H groups in total. The van der Waals surface area contributed by atoms with Gasteiger partial charge in [0, 0.05) is 16.7 Å². The summed E-state index contributed by atoms with van der Waals surface area (Å²) in [7, 11) is 0. The molecule has 0 fully saturated rings. The Labute approximate surface area is 153 Å². The number of hydrogen-bond acceptors (Lipinski definition) is 2. The summed E-state index contributed by atoms with van der Waals surface area (Å²) in [4.78, 5) is 4.95. The largest absolute Gasteiger partial charge is 0.247 e. The second kappa shape index (κ2) is 7.04. The Kier molecular flexibility index (Phi) is 4.28. The van der Waals surface area contributed by atoms with Crippen molar-refractivity contribution in [3.63, 3.8) is 0 Å². The van der Waals surface area contributed by atoms with Crippen LogP contribution in [0.3, 0.4) is 0 Å². The van der Waals surface area contributed by atoms with Crippen LogP contribution in [0, 0.1) is 11.3 Å². The van der Waals surface area contributed by atoms with E-state index in [1.54, 1.807) is 0 Å². The van der Waals surface area contributed by atoms with Crippen LogP contribution in [0.5, 0.6) is 0 Å². The lowest BCUT2D eigenvalue weighted by molar-refractivity contribution is 1.31. The molecule has 0 unspecified atom stereocenters. The van der Waals surface area contributed by atoms with Crippen LogP contribution in [-0.2, 0) is 0 Å². The molecule has 2 nitrogen and oxygen atoms in total. The second-order valence-corrected chi connectivity index (χ2v) is 5.99. The fraction of sp³-hybridized carbons (Fsp3) is 0. The minimum Gasteiger partial charge on any atom is -0.247 e. The summed E-state index contributed by atoms with van der Waals surface area (Å²) >= 11 is 0. The standard InChI is InChI=1S/C24H16N2/c25-17-21-16-22(18-10-4-1-5-11-18)26-24(20-14-8-3-9-15-20)23(21)19-12-6-2-7-13-19/h1-16H. The van der Waals surface area contributed by atoms with E-state index in [0.717, 1.165) is 33.6 Å². The zero-order chi connectivity index (χ0) is 17.8. The third-order valence-corrected chi connectivity index (χ3v) is 4.32. The minimum absolute atomic E-state index is 0.629. The highest BCUT2D eigenvalue weighted by molar-refractivity contribution is 5.87. The van der Waals surface area contributed by atoms with Crippen LogP contribution in [0.2, 0.25) is 0 Å². The molecule has 3 aromatic carbocycles. The molecule has 2 heteroatoms. The van der Waals surface area contributed by atoms with E-state index in [4.69, 9.17) is 4.98 Å². The van der Waals surface area contributed by atoms with Gasteiger partial charge in [-0.15, -0.1) is 0 Å². The molecule has 1 aromatic heterocycles. The Balaban J connectivity index is 2.04. The average Bonchev–Trinajstić information content (AvgIpc) is 2.74. The molecule has 0 atom stereocenters. The van der Waals surface area contributed by atoms with E-state index in [2.05, 4.69) is 6.07 Å². The first-order valence-electron chi connectivity index (χ1n) is 8.48. The van der Waals surface area contributed by atoms with Crippen molar-refractivity contribution in [3.8, 4) is 39.7 Å². The van der Waals surface area contributed by atoms with Crippen molar-refractivity contribution in [1.29, 1.82) is 5.26 Å². The zero-order valence-electron chi connectivity index (χ0n) is 14.1. The smallest absolute Gasteiger partial charge is 0.0999 e. The van der Waals surface area contributed by atoms with Gasteiger partial charge in [-0.05, 0) is 11.6 Å². The Bertz CT molecular complexity index is 1060. The topological polar surface area (TPSA) is 36.7 Å². The highest BCUT2D eigenvalue weighted by Gasteiger charge is 2.16. The van der Waals surface area contributed by atoms with Crippen LogP contribution in [0.25, 0.3) is 33.6 Å². The molecule has 122 valence electrons. The Hall–Kier alpha value is -3.70. The summed E-state index contributed by atoms with van der Waals surface area (Å²) in [6.07, 6.45) is 0. The maximum Gasteiger partial charge on any atom is 0.0999 e. The predicted molar refractivity (Wildman–Crippen MR) is 105 cm³/mol. The molecule has 0 spiro atoms. The summed E-state index contributed by atoms with van der Waals surface area (Å²) in [5.74, 6) is 0. The molecule has 0 saturated heterocycles. The maximum absolute atomic E-state index is 9.84. The van der Waals surface area contributed by atoms with Gasteiger partial charge >= 0.3 is 0 Å². The Morgan fingerprint density at radius 2 is 1.12 bits per heavy atom. The summed E-state index contributed by atoms with van der Waals surface area (Å²) in [6.45, 7) is 0. The number of pyridine rings is 1. The minimum atomic E-state index is 0.629. The van der Waals surface area contributed by atoms with E-state index in [0.29, 0.717) is 5.56 Å². The van der Waals surface area contributed by atoms with E-state index >= 15 is 0 Å². The molecule has 1 heterocycles. The van der Waals surface area contributed by atoms with E-state index in [1.807, 2.05) is 97.1 Å². The molecule has 0 aliphatic rings. The number of benzene rings is 3. The van der Waals surface area contributed by atoms with E-state index < -0.39 is 0 Å². The van der Waals surface area contributed by atoms with Crippen molar-refractivity contribution >= 4 is 0 Å². The molecule has 4 aromatic rings. The first-order valence-corrected chi connectivity index (χ1v) is 8.48. The van der Waals surface area contributed by atoms with Crippen molar-refractivity contribution < 1.29 is 0 Å². The highest BCUT2D eigenvalue weighted by atomic mass is 14.7. The first-order chi connectivity index (χ1) is 12.9. The van der Waals surface area contributed by atoms with Gasteiger partial charge in [0.1, 0.15) is 0 Å². The van der Waals surface area contributed by atoms with Gasteiger partial charge in [-0.3, -0.25) is 0 Å². The molecule has 0 aliphatic carbocycles. The molecule has 0 radical (unpaired) electrons. The van der Waals surface area contributed by atoms with E-state index in [9.17, 15) is 5.26 Å². The maximum atomic E-state index is 9.84. The first kappa shape index (κ1) is 15.8. The number of hydrogen-bond donors (Lipinski definition) is 0. The van der Waals surface area contributed by atoms with Crippen molar-refractivity contribution in [2.45, 2.75) is 0 Å². The monoisotopic (exact) mass is 332 g/mol. The predicted octanol–water partition coefficient (Wildman–Crippen LogP) is 5.95. The number of nitriles is 1. The summed E-state index contributed by atoms with van der Waals surface area (Å²) in [5.41, 5.74) is 6.13. The van der Waals surface area contributed by atoms with Crippen LogP contribution >= 0.6 is 0 Å². The van der Waals surface area contributed by atoms with Crippen LogP contribution in [0.4, 0.5) is 0 Å². The summed E-state index contributed by atoms with van der Waals surface area (Å²) in [6, 6.07) is 34.2. The normalized spacial score (nSPS) is 10.3. The lowest BCUT2D eigenvalue weighted by Crippen LogP contribution is -1.96. The molecular weight excluding hydrogens is 316 g/mol. The highest BCUT2D eigenvalue weighted by Crippen LogP contribution is 2.35. The van der Waals surface area contributed by atoms with Gasteiger partial charge in [0.25, 0.3) is 0 Å². The Morgan fingerprint density at radius 3 is 1.65 bits per heavy atom. The molecule has 4 rings (SSSR count). The molecule has 26 heavy (non-hydrogen) atoms. The summed E-state index contributed by atoms with van der Waals surface area (Å²) < 4.78 is 0. The second-order valence-electron chi connectivity index (χ2n) is 5.99. The van der Waals surface area contributed by atoms with Crippen LogP contribution in [0.15, 0.2) is 97.1 Å². The van der Waals surface area contributed by atoms with Crippen LogP contribution in [-0.4, -0.2) is 4.98 Å². The van der Waals surface area contributed by atoms with Gasteiger partial charge in [-0.1, -0.05) is 91.0 Å². The van der Waals surface area contributed by atoms with Crippen LogP contribution in [0.1, 0.15) is 5.56 Å². The fourth-order valence-corrected chi connectivity index (χ4v) is 3.09. The van der Waals surface area contributed by atoms with E-state index in [-0.39, 0.29) is 0 Å². The van der Waals surface area contributed by atoms with Gasteiger partial charge in [-0.2, -0.15) is 5.26 Å². The van der Waals surface area contributed by atoms with Crippen LogP contribution < -0.4 is 0 Å². The zero-order valence-corrected chi connectivity index (χ0v) is 14.1.